The lowest BCUT2D eigenvalue weighted by molar-refractivity contribution is -0.142. The number of Topliss-reactive ketones (excluding diaryl/α,β-unsaturated/α-hetero) is 1. The molecule has 1 atom stereocenters. The quantitative estimate of drug-likeness (QED) is 0.153. The molecule has 0 aliphatic carbocycles. The Bertz CT molecular complexity index is 565. The van der Waals surface area contributed by atoms with E-state index in [1.807, 2.05) is 0 Å². The third-order valence-electron chi connectivity index (χ3n) is 6.09. The summed E-state index contributed by atoms with van der Waals surface area (Å²) < 4.78 is 0. The van der Waals surface area contributed by atoms with Gasteiger partial charge in [-0.3, -0.25) is 9.59 Å². The van der Waals surface area contributed by atoms with E-state index in [-0.39, 0.29) is 24.5 Å². The Hall–Kier alpha value is -1.92. The van der Waals surface area contributed by atoms with Gasteiger partial charge in [-0.25, -0.2) is 4.79 Å². The number of hydrogen-bond acceptors (Lipinski definition) is 4. The first-order valence-corrected chi connectivity index (χ1v) is 13.6. The summed E-state index contributed by atoms with van der Waals surface area (Å²) in [5, 5.41) is 14.6. The number of unbranched alkanes of at least 4 members (excludes halogenated alkanes) is 13. The molecule has 0 aromatic carbocycles. The maximum atomic E-state index is 11.9. The SMILES string of the molecule is CCCCCCCCCCCCCCCC(=O)NCCCCC(NC(=O)CCC(C)=O)C(=O)O. The van der Waals surface area contributed by atoms with Crippen LogP contribution in [0.3, 0.4) is 0 Å². The number of carboxylic acid groups (broad SMARTS) is 1. The zero-order valence-electron chi connectivity index (χ0n) is 21.8. The minimum absolute atomic E-state index is 0.00830. The molecular formula is C27H50N2O5. The number of ketones is 1. The van der Waals surface area contributed by atoms with Gasteiger partial charge < -0.3 is 20.5 Å². The first-order chi connectivity index (χ1) is 16.4. The third kappa shape index (κ3) is 21.9. The standard InChI is InChI=1S/C27H50N2O5/c1-3-4-5-6-7-8-9-10-11-12-13-14-15-19-25(31)28-22-17-16-18-24(27(33)34)29-26(32)21-20-23(2)30/h24H,3-22H2,1-2H3,(H,28,31)(H,29,32)(H,33,34). The molecule has 2 amide bonds. The van der Waals surface area contributed by atoms with Crippen molar-refractivity contribution in [1.82, 2.24) is 10.6 Å². The van der Waals surface area contributed by atoms with Crippen LogP contribution in [0.2, 0.25) is 0 Å². The normalized spacial score (nSPS) is 11.7. The number of rotatable bonds is 24. The largest absolute Gasteiger partial charge is 0.480 e. The van der Waals surface area contributed by atoms with Crippen molar-refractivity contribution in [3.63, 3.8) is 0 Å². The molecule has 7 heteroatoms. The van der Waals surface area contributed by atoms with Gasteiger partial charge in [0.1, 0.15) is 11.8 Å². The Kier molecular flexibility index (Phi) is 21.6. The van der Waals surface area contributed by atoms with E-state index < -0.39 is 17.9 Å². The number of nitrogens with one attached hydrogen (secondary N) is 2. The second kappa shape index (κ2) is 22.9. The van der Waals surface area contributed by atoms with Crippen LogP contribution < -0.4 is 10.6 Å². The molecule has 0 heterocycles. The van der Waals surface area contributed by atoms with Crippen molar-refractivity contribution < 1.29 is 24.3 Å². The lowest BCUT2D eigenvalue weighted by Gasteiger charge is -2.14. The number of amides is 2. The fourth-order valence-corrected chi connectivity index (χ4v) is 3.91. The highest BCUT2D eigenvalue weighted by molar-refractivity contribution is 5.86. The van der Waals surface area contributed by atoms with Crippen molar-refractivity contribution >= 4 is 23.6 Å². The minimum atomic E-state index is -1.08. The number of aliphatic carboxylic acids is 1. The zero-order chi connectivity index (χ0) is 25.4. The van der Waals surface area contributed by atoms with E-state index in [1.54, 1.807) is 0 Å². The van der Waals surface area contributed by atoms with Crippen LogP contribution in [0.15, 0.2) is 0 Å². The molecule has 0 rings (SSSR count). The van der Waals surface area contributed by atoms with Crippen molar-refractivity contribution in [3.8, 4) is 0 Å². The molecule has 0 aliphatic heterocycles. The molecular weight excluding hydrogens is 432 g/mol. The molecule has 0 saturated carbocycles. The molecule has 198 valence electrons. The van der Waals surface area contributed by atoms with Gasteiger partial charge in [-0.1, -0.05) is 84.0 Å². The highest BCUT2D eigenvalue weighted by Crippen LogP contribution is 2.13. The first-order valence-electron chi connectivity index (χ1n) is 13.6. The van der Waals surface area contributed by atoms with Crippen LogP contribution in [0.1, 0.15) is 136 Å². The van der Waals surface area contributed by atoms with Crippen molar-refractivity contribution in [2.24, 2.45) is 0 Å². The van der Waals surface area contributed by atoms with Crippen LogP contribution in [0.25, 0.3) is 0 Å². The van der Waals surface area contributed by atoms with Gasteiger partial charge in [0.15, 0.2) is 0 Å². The Labute approximate surface area is 207 Å². The molecule has 34 heavy (non-hydrogen) atoms. The molecule has 0 saturated heterocycles. The number of carbonyl (C=O) groups is 4. The Morgan fingerprint density at radius 2 is 1.18 bits per heavy atom. The highest BCUT2D eigenvalue weighted by Gasteiger charge is 2.19. The van der Waals surface area contributed by atoms with E-state index in [1.165, 1.54) is 77.6 Å². The third-order valence-corrected chi connectivity index (χ3v) is 6.09. The molecule has 0 radical (unpaired) electrons. The average Bonchev–Trinajstić information content (AvgIpc) is 2.79. The van der Waals surface area contributed by atoms with Crippen molar-refractivity contribution in [2.75, 3.05) is 6.54 Å². The minimum Gasteiger partial charge on any atom is -0.480 e. The lowest BCUT2D eigenvalue weighted by atomic mass is 10.0. The summed E-state index contributed by atoms with van der Waals surface area (Å²) in [6.07, 6.45) is 18.9. The van der Waals surface area contributed by atoms with E-state index >= 15 is 0 Å². The zero-order valence-corrected chi connectivity index (χ0v) is 21.8. The molecule has 0 bridgehead atoms. The van der Waals surface area contributed by atoms with Gasteiger partial charge in [-0.15, -0.1) is 0 Å². The molecule has 0 aliphatic rings. The van der Waals surface area contributed by atoms with Crippen LogP contribution in [-0.2, 0) is 19.2 Å². The van der Waals surface area contributed by atoms with Crippen molar-refractivity contribution in [2.45, 2.75) is 142 Å². The summed E-state index contributed by atoms with van der Waals surface area (Å²) in [7, 11) is 0. The van der Waals surface area contributed by atoms with Crippen LogP contribution in [0.4, 0.5) is 0 Å². The Morgan fingerprint density at radius 3 is 1.68 bits per heavy atom. The molecule has 0 aromatic heterocycles. The highest BCUT2D eigenvalue weighted by atomic mass is 16.4. The first kappa shape index (κ1) is 32.1. The van der Waals surface area contributed by atoms with Gasteiger partial charge in [0.2, 0.25) is 11.8 Å². The van der Waals surface area contributed by atoms with Crippen LogP contribution in [0, 0.1) is 0 Å². The summed E-state index contributed by atoms with van der Waals surface area (Å²) in [6.45, 7) is 4.17. The fourth-order valence-electron chi connectivity index (χ4n) is 3.91. The maximum Gasteiger partial charge on any atom is 0.326 e. The van der Waals surface area contributed by atoms with Crippen LogP contribution in [0.5, 0.6) is 0 Å². The molecule has 0 spiro atoms. The monoisotopic (exact) mass is 482 g/mol. The van der Waals surface area contributed by atoms with Gasteiger partial charge in [0, 0.05) is 25.8 Å². The summed E-state index contributed by atoms with van der Waals surface area (Å²) in [5.41, 5.74) is 0. The lowest BCUT2D eigenvalue weighted by Crippen LogP contribution is -2.40. The smallest absolute Gasteiger partial charge is 0.326 e. The molecule has 3 N–H and O–H groups in total. The Balaban J connectivity index is 3.58. The van der Waals surface area contributed by atoms with Crippen molar-refractivity contribution in [3.05, 3.63) is 0 Å². The van der Waals surface area contributed by atoms with Crippen molar-refractivity contribution in [1.29, 1.82) is 0 Å². The maximum absolute atomic E-state index is 11.9. The summed E-state index contributed by atoms with van der Waals surface area (Å²) in [6, 6.07) is -0.957. The van der Waals surface area contributed by atoms with Crippen LogP contribution >= 0.6 is 0 Å². The van der Waals surface area contributed by atoms with Gasteiger partial charge in [-0.05, 0) is 32.6 Å². The van der Waals surface area contributed by atoms with Gasteiger partial charge >= 0.3 is 5.97 Å². The second-order valence-electron chi connectivity index (χ2n) is 9.50. The molecule has 0 aromatic rings. The van der Waals surface area contributed by atoms with E-state index in [9.17, 15) is 24.3 Å². The molecule has 0 fully saturated rings. The Morgan fingerprint density at radius 1 is 0.647 bits per heavy atom. The van der Waals surface area contributed by atoms with E-state index in [0.29, 0.717) is 32.2 Å². The summed E-state index contributed by atoms with van der Waals surface area (Å²) >= 11 is 0. The average molecular weight is 483 g/mol. The topological polar surface area (TPSA) is 113 Å². The van der Waals surface area contributed by atoms with E-state index in [0.717, 1.165) is 12.8 Å². The van der Waals surface area contributed by atoms with Gasteiger partial charge in [0.05, 0.1) is 0 Å². The number of hydrogen-bond donors (Lipinski definition) is 3. The number of carbonyl (C=O) groups excluding carboxylic acids is 3. The fraction of sp³-hybridized carbons (Fsp3) is 0.852. The molecule has 1 unspecified atom stereocenters. The number of carboxylic acids is 1. The molecule has 7 nitrogen and oxygen atoms in total. The van der Waals surface area contributed by atoms with E-state index in [4.69, 9.17) is 0 Å². The second-order valence-corrected chi connectivity index (χ2v) is 9.50. The predicted octanol–water partition coefficient (Wildman–Crippen LogP) is 5.69. The summed E-state index contributed by atoms with van der Waals surface area (Å²) in [5.74, 6) is -1.55. The van der Waals surface area contributed by atoms with Gasteiger partial charge in [-0.2, -0.15) is 0 Å². The summed E-state index contributed by atoms with van der Waals surface area (Å²) in [4.78, 5) is 45.9. The van der Waals surface area contributed by atoms with Crippen LogP contribution in [-0.4, -0.2) is 41.3 Å². The predicted molar refractivity (Wildman–Crippen MR) is 137 cm³/mol. The van der Waals surface area contributed by atoms with Gasteiger partial charge in [0.25, 0.3) is 0 Å². The van der Waals surface area contributed by atoms with E-state index in [2.05, 4.69) is 17.6 Å².